The van der Waals surface area contributed by atoms with Crippen molar-refractivity contribution < 1.29 is 9.84 Å². The molecule has 3 nitrogen and oxygen atoms in total. The SMILES string of the molecule is COc1cccc(CNCC(C)c2ccccc2)c1O. The third-order valence-corrected chi connectivity index (χ3v) is 3.44. The topological polar surface area (TPSA) is 41.5 Å². The standard InChI is InChI=1S/C17H21NO2/c1-13(14-7-4-3-5-8-14)11-18-12-15-9-6-10-16(20-2)17(15)19/h3-10,13,18-19H,11-12H2,1-2H3. The summed E-state index contributed by atoms with van der Waals surface area (Å²) in [6.45, 7) is 3.68. The van der Waals surface area contributed by atoms with Crippen molar-refractivity contribution in [2.45, 2.75) is 19.4 Å². The van der Waals surface area contributed by atoms with Crippen LogP contribution in [0.1, 0.15) is 24.0 Å². The number of para-hydroxylation sites is 1. The number of benzene rings is 2. The molecule has 0 aromatic heterocycles. The first-order chi connectivity index (χ1) is 9.72. The highest BCUT2D eigenvalue weighted by molar-refractivity contribution is 5.45. The summed E-state index contributed by atoms with van der Waals surface area (Å²) in [4.78, 5) is 0. The predicted octanol–water partition coefficient (Wildman–Crippen LogP) is 3.29. The van der Waals surface area contributed by atoms with Crippen LogP contribution in [0.5, 0.6) is 11.5 Å². The Labute approximate surface area is 120 Å². The largest absolute Gasteiger partial charge is 0.504 e. The number of nitrogens with one attached hydrogen (secondary N) is 1. The molecule has 1 atom stereocenters. The first kappa shape index (κ1) is 14.4. The van der Waals surface area contributed by atoms with Crippen LogP contribution >= 0.6 is 0 Å². The highest BCUT2D eigenvalue weighted by atomic mass is 16.5. The maximum absolute atomic E-state index is 10.0. The van der Waals surface area contributed by atoms with Gasteiger partial charge in [-0.05, 0) is 17.5 Å². The molecule has 2 aromatic carbocycles. The minimum absolute atomic E-state index is 0.217. The molecule has 20 heavy (non-hydrogen) atoms. The van der Waals surface area contributed by atoms with Gasteiger partial charge in [0.1, 0.15) is 0 Å². The Hall–Kier alpha value is -2.00. The van der Waals surface area contributed by atoms with Crippen molar-refractivity contribution in [3.8, 4) is 11.5 Å². The highest BCUT2D eigenvalue weighted by Gasteiger charge is 2.08. The molecule has 0 heterocycles. The third-order valence-electron chi connectivity index (χ3n) is 3.44. The first-order valence-corrected chi connectivity index (χ1v) is 6.83. The lowest BCUT2D eigenvalue weighted by Gasteiger charge is -2.14. The van der Waals surface area contributed by atoms with Gasteiger partial charge in [-0.25, -0.2) is 0 Å². The lowest BCUT2D eigenvalue weighted by Crippen LogP contribution is -2.19. The molecule has 2 rings (SSSR count). The molecule has 0 aliphatic carbocycles. The van der Waals surface area contributed by atoms with Crippen molar-refractivity contribution in [2.24, 2.45) is 0 Å². The minimum Gasteiger partial charge on any atom is -0.504 e. The van der Waals surface area contributed by atoms with E-state index in [1.54, 1.807) is 13.2 Å². The number of ether oxygens (including phenoxy) is 1. The monoisotopic (exact) mass is 271 g/mol. The van der Waals surface area contributed by atoms with E-state index in [1.165, 1.54) is 5.56 Å². The van der Waals surface area contributed by atoms with Crippen molar-refractivity contribution in [3.05, 3.63) is 59.7 Å². The van der Waals surface area contributed by atoms with Gasteiger partial charge in [0.05, 0.1) is 7.11 Å². The van der Waals surface area contributed by atoms with Crippen molar-refractivity contribution in [3.63, 3.8) is 0 Å². The van der Waals surface area contributed by atoms with E-state index in [2.05, 4.69) is 36.5 Å². The summed E-state index contributed by atoms with van der Waals surface area (Å²) < 4.78 is 5.10. The Morgan fingerprint density at radius 3 is 2.55 bits per heavy atom. The van der Waals surface area contributed by atoms with Crippen LogP contribution in [-0.2, 0) is 6.54 Å². The van der Waals surface area contributed by atoms with Gasteiger partial charge >= 0.3 is 0 Å². The summed E-state index contributed by atoms with van der Waals surface area (Å²) in [5.41, 5.74) is 2.17. The van der Waals surface area contributed by atoms with Gasteiger partial charge in [0, 0.05) is 18.7 Å². The second kappa shape index (κ2) is 6.96. The molecule has 2 N–H and O–H groups in total. The van der Waals surface area contributed by atoms with Crippen LogP contribution in [0.3, 0.4) is 0 Å². The van der Waals surface area contributed by atoms with Gasteiger partial charge in [-0.2, -0.15) is 0 Å². The van der Waals surface area contributed by atoms with Gasteiger partial charge in [0.2, 0.25) is 0 Å². The Kier molecular flexibility index (Phi) is 5.02. The van der Waals surface area contributed by atoms with E-state index < -0.39 is 0 Å². The second-order valence-electron chi connectivity index (χ2n) is 4.91. The van der Waals surface area contributed by atoms with E-state index >= 15 is 0 Å². The summed E-state index contributed by atoms with van der Waals surface area (Å²) in [6, 6.07) is 15.9. The third kappa shape index (κ3) is 3.52. The molecule has 0 aliphatic heterocycles. The van der Waals surface area contributed by atoms with E-state index in [4.69, 9.17) is 4.74 Å². The van der Waals surface area contributed by atoms with Crippen LogP contribution in [0.2, 0.25) is 0 Å². The number of hydrogen-bond acceptors (Lipinski definition) is 3. The average Bonchev–Trinajstić information content (AvgIpc) is 2.49. The molecule has 2 aromatic rings. The Morgan fingerprint density at radius 2 is 1.85 bits per heavy atom. The quantitative estimate of drug-likeness (QED) is 0.847. The van der Waals surface area contributed by atoms with Crippen LogP contribution in [0.25, 0.3) is 0 Å². The summed E-state index contributed by atoms with van der Waals surface area (Å²) in [5.74, 6) is 1.17. The number of rotatable bonds is 6. The second-order valence-corrected chi connectivity index (χ2v) is 4.91. The summed E-state index contributed by atoms with van der Waals surface area (Å²) in [5, 5.41) is 13.4. The van der Waals surface area contributed by atoms with Crippen molar-refractivity contribution >= 4 is 0 Å². The lowest BCUT2D eigenvalue weighted by atomic mass is 10.0. The fraction of sp³-hybridized carbons (Fsp3) is 0.294. The number of hydrogen-bond donors (Lipinski definition) is 2. The number of methoxy groups -OCH3 is 1. The molecule has 0 saturated heterocycles. The predicted molar refractivity (Wildman–Crippen MR) is 81.2 cm³/mol. The molecule has 0 spiro atoms. The van der Waals surface area contributed by atoms with Crippen molar-refractivity contribution in [2.75, 3.05) is 13.7 Å². The van der Waals surface area contributed by atoms with Crippen LogP contribution in [-0.4, -0.2) is 18.8 Å². The van der Waals surface area contributed by atoms with E-state index in [0.29, 0.717) is 18.2 Å². The lowest BCUT2D eigenvalue weighted by molar-refractivity contribution is 0.369. The average molecular weight is 271 g/mol. The summed E-state index contributed by atoms with van der Waals surface area (Å²) in [7, 11) is 1.56. The molecule has 0 amide bonds. The number of phenols is 1. The molecule has 106 valence electrons. The fourth-order valence-electron chi connectivity index (χ4n) is 2.20. The molecular weight excluding hydrogens is 250 g/mol. The molecule has 0 saturated carbocycles. The van der Waals surface area contributed by atoms with Crippen LogP contribution in [0.4, 0.5) is 0 Å². The Bertz CT molecular complexity index is 540. The Balaban J connectivity index is 1.90. The van der Waals surface area contributed by atoms with E-state index in [-0.39, 0.29) is 5.75 Å². The fourth-order valence-corrected chi connectivity index (χ4v) is 2.20. The van der Waals surface area contributed by atoms with Gasteiger partial charge in [-0.1, -0.05) is 49.4 Å². The minimum atomic E-state index is 0.217. The molecule has 3 heteroatoms. The van der Waals surface area contributed by atoms with Crippen LogP contribution in [0, 0.1) is 0 Å². The normalized spacial score (nSPS) is 12.1. The van der Waals surface area contributed by atoms with Gasteiger partial charge in [-0.3, -0.25) is 0 Å². The zero-order valence-corrected chi connectivity index (χ0v) is 12.0. The van der Waals surface area contributed by atoms with E-state index in [0.717, 1.165) is 12.1 Å². The van der Waals surface area contributed by atoms with Gasteiger partial charge < -0.3 is 15.2 Å². The van der Waals surface area contributed by atoms with Crippen molar-refractivity contribution in [1.82, 2.24) is 5.32 Å². The molecule has 0 fully saturated rings. The molecule has 0 radical (unpaired) electrons. The van der Waals surface area contributed by atoms with Gasteiger partial charge in [0.15, 0.2) is 11.5 Å². The zero-order valence-electron chi connectivity index (χ0n) is 12.0. The summed E-state index contributed by atoms with van der Waals surface area (Å²) >= 11 is 0. The highest BCUT2D eigenvalue weighted by Crippen LogP contribution is 2.29. The van der Waals surface area contributed by atoms with E-state index in [9.17, 15) is 5.11 Å². The summed E-state index contributed by atoms with van der Waals surface area (Å²) in [6.07, 6.45) is 0. The molecule has 0 bridgehead atoms. The molecule has 1 unspecified atom stereocenters. The smallest absolute Gasteiger partial charge is 0.162 e. The molecular formula is C17H21NO2. The first-order valence-electron chi connectivity index (χ1n) is 6.83. The Morgan fingerprint density at radius 1 is 1.10 bits per heavy atom. The maximum Gasteiger partial charge on any atom is 0.162 e. The van der Waals surface area contributed by atoms with Crippen LogP contribution in [0.15, 0.2) is 48.5 Å². The maximum atomic E-state index is 10.0. The molecule has 0 aliphatic rings. The number of aromatic hydroxyl groups is 1. The van der Waals surface area contributed by atoms with Crippen LogP contribution < -0.4 is 10.1 Å². The zero-order chi connectivity index (χ0) is 14.4. The van der Waals surface area contributed by atoms with Crippen molar-refractivity contribution in [1.29, 1.82) is 0 Å². The van der Waals surface area contributed by atoms with E-state index in [1.807, 2.05) is 18.2 Å². The van der Waals surface area contributed by atoms with Gasteiger partial charge in [0.25, 0.3) is 0 Å². The van der Waals surface area contributed by atoms with Gasteiger partial charge in [-0.15, -0.1) is 0 Å². The number of phenolic OH excluding ortho intramolecular Hbond substituents is 1.